The summed E-state index contributed by atoms with van der Waals surface area (Å²) in [5, 5.41) is 5.60. The summed E-state index contributed by atoms with van der Waals surface area (Å²) in [6, 6.07) is 7.19. The minimum atomic E-state index is -0.0683. The summed E-state index contributed by atoms with van der Waals surface area (Å²) in [6.45, 7) is 3.51. The fraction of sp³-hybridized carbons (Fsp3) is 0.364. The van der Waals surface area contributed by atoms with Crippen molar-refractivity contribution in [1.82, 2.24) is 4.90 Å². The third kappa shape index (κ3) is 2.65. The molecule has 1 fully saturated rings. The first-order valence-electron chi connectivity index (χ1n) is 5.39. The number of benzene rings is 1. The molecule has 1 aromatic carbocycles. The molecule has 0 radical (unpaired) electrons. The molecule has 0 bridgehead atoms. The van der Waals surface area contributed by atoms with E-state index in [0.29, 0.717) is 10.7 Å². The van der Waals surface area contributed by atoms with Crippen LogP contribution in [-0.2, 0) is 0 Å². The van der Waals surface area contributed by atoms with Gasteiger partial charge in [-0.2, -0.15) is 0 Å². The fourth-order valence-electron chi connectivity index (χ4n) is 1.71. The van der Waals surface area contributed by atoms with Crippen LogP contribution in [0, 0.1) is 0 Å². The molecule has 16 heavy (non-hydrogen) atoms. The van der Waals surface area contributed by atoms with Crippen molar-refractivity contribution in [3.05, 3.63) is 29.3 Å². The van der Waals surface area contributed by atoms with E-state index in [1.54, 1.807) is 12.1 Å². The minimum Gasteiger partial charge on any atom is -0.343 e. The summed E-state index contributed by atoms with van der Waals surface area (Å²) in [4.78, 5) is 13.7. The van der Waals surface area contributed by atoms with Gasteiger partial charge in [-0.3, -0.25) is 0 Å². The summed E-state index contributed by atoms with van der Waals surface area (Å²) in [5.74, 6) is 0. The number of nitrogens with one attached hydrogen (secondary N) is 1. The maximum absolute atomic E-state index is 11.9. The SMILES string of the molecule is O=C(Nc1ccccc1Cl)N1CC[NH2+]CC1. The van der Waals surface area contributed by atoms with Gasteiger partial charge in [0, 0.05) is 0 Å². The zero-order chi connectivity index (χ0) is 11.4. The number of halogens is 1. The van der Waals surface area contributed by atoms with E-state index in [1.165, 1.54) is 0 Å². The van der Waals surface area contributed by atoms with Crippen molar-refractivity contribution < 1.29 is 10.1 Å². The summed E-state index contributed by atoms with van der Waals surface area (Å²) < 4.78 is 0. The number of carbonyl (C=O) groups excluding carboxylic acids is 1. The van der Waals surface area contributed by atoms with Crippen molar-refractivity contribution in [3.8, 4) is 0 Å². The van der Waals surface area contributed by atoms with Crippen LogP contribution in [0.2, 0.25) is 5.02 Å². The zero-order valence-electron chi connectivity index (χ0n) is 8.95. The van der Waals surface area contributed by atoms with Gasteiger partial charge in [0.1, 0.15) is 0 Å². The first-order valence-corrected chi connectivity index (χ1v) is 5.77. The lowest BCUT2D eigenvalue weighted by Crippen LogP contribution is -2.90. The number of rotatable bonds is 1. The topological polar surface area (TPSA) is 49.0 Å². The summed E-state index contributed by atoms with van der Waals surface area (Å²) in [5.41, 5.74) is 0.670. The lowest BCUT2D eigenvalue weighted by molar-refractivity contribution is -0.661. The van der Waals surface area contributed by atoms with Gasteiger partial charge in [0.05, 0.1) is 36.9 Å². The first-order chi connectivity index (χ1) is 7.77. The molecule has 5 heteroatoms. The lowest BCUT2D eigenvalue weighted by atomic mass is 10.3. The molecule has 0 saturated carbocycles. The molecule has 3 N–H and O–H groups in total. The summed E-state index contributed by atoms with van der Waals surface area (Å²) in [7, 11) is 0. The van der Waals surface area contributed by atoms with Gasteiger partial charge in [0.15, 0.2) is 0 Å². The molecule has 1 aliphatic heterocycles. The van der Waals surface area contributed by atoms with Crippen LogP contribution in [0.4, 0.5) is 10.5 Å². The van der Waals surface area contributed by atoms with E-state index in [9.17, 15) is 4.79 Å². The number of hydrogen-bond acceptors (Lipinski definition) is 1. The van der Waals surface area contributed by atoms with Crippen LogP contribution in [0.25, 0.3) is 0 Å². The van der Waals surface area contributed by atoms with Crippen LogP contribution < -0.4 is 10.6 Å². The Balaban J connectivity index is 1.99. The monoisotopic (exact) mass is 240 g/mol. The Labute approximate surface area is 99.6 Å². The van der Waals surface area contributed by atoms with E-state index >= 15 is 0 Å². The predicted molar refractivity (Wildman–Crippen MR) is 63.7 cm³/mol. The number of hydrogen-bond donors (Lipinski definition) is 2. The van der Waals surface area contributed by atoms with E-state index in [4.69, 9.17) is 11.6 Å². The van der Waals surface area contributed by atoms with E-state index in [1.807, 2.05) is 17.0 Å². The Bertz CT molecular complexity index is 377. The van der Waals surface area contributed by atoms with Crippen LogP contribution in [0.3, 0.4) is 0 Å². The van der Waals surface area contributed by atoms with Crippen molar-refractivity contribution >= 4 is 23.3 Å². The molecule has 0 atom stereocenters. The van der Waals surface area contributed by atoms with E-state index in [0.717, 1.165) is 26.2 Å². The molecule has 0 spiro atoms. The van der Waals surface area contributed by atoms with Gasteiger partial charge in [-0.1, -0.05) is 23.7 Å². The molecule has 86 valence electrons. The number of anilines is 1. The van der Waals surface area contributed by atoms with Crippen molar-refractivity contribution in [1.29, 1.82) is 0 Å². The quantitative estimate of drug-likeness (QED) is 0.748. The molecule has 1 aliphatic rings. The lowest BCUT2D eigenvalue weighted by Gasteiger charge is -2.25. The Morgan fingerprint density at radius 1 is 1.31 bits per heavy atom. The number of piperazine rings is 1. The van der Waals surface area contributed by atoms with Gasteiger partial charge < -0.3 is 15.5 Å². The van der Waals surface area contributed by atoms with Gasteiger partial charge in [0.25, 0.3) is 0 Å². The maximum atomic E-state index is 11.9. The third-order valence-electron chi connectivity index (χ3n) is 2.61. The molecular formula is C11H15ClN3O+. The number of nitrogens with zero attached hydrogens (tertiary/aromatic N) is 1. The van der Waals surface area contributed by atoms with Crippen molar-refractivity contribution in [3.63, 3.8) is 0 Å². The molecule has 1 heterocycles. The predicted octanol–water partition coefficient (Wildman–Crippen LogP) is 0.751. The average Bonchev–Trinajstić information content (AvgIpc) is 2.33. The Hall–Kier alpha value is -1.26. The molecule has 2 rings (SSSR count). The molecule has 2 amide bonds. The van der Waals surface area contributed by atoms with Gasteiger partial charge in [0.2, 0.25) is 0 Å². The van der Waals surface area contributed by atoms with Crippen LogP contribution >= 0.6 is 11.6 Å². The Kier molecular flexibility index (Phi) is 3.64. The zero-order valence-corrected chi connectivity index (χ0v) is 9.70. The van der Waals surface area contributed by atoms with Crippen LogP contribution in [0.1, 0.15) is 0 Å². The summed E-state index contributed by atoms with van der Waals surface area (Å²) >= 11 is 5.97. The number of quaternary nitrogens is 1. The highest BCUT2D eigenvalue weighted by Gasteiger charge is 2.18. The van der Waals surface area contributed by atoms with Crippen LogP contribution in [-0.4, -0.2) is 37.1 Å². The van der Waals surface area contributed by atoms with Crippen molar-refractivity contribution in [2.75, 3.05) is 31.5 Å². The standard InChI is InChI=1S/C11H14ClN3O/c12-9-3-1-2-4-10(9)14-11(16)15-7-5-13-6-8-15/h1-4,13H,5-8H2,(H,14,16)/p+1. The summed E-state index contributed by atoms with van der Waals surface area (Å²) in [6.07, 6.45) is 0. The molecule has 0 unspecified atom stereocenters. The van der Waals surface area contributed by atoms with E-state index < -0.39 is 0 Å². The van der Waals surface area contributed by atoms with Crippen LogP contribution in [0.5, 0.6) is 0 Å². The molecule has 0 aromatic heterocycles. The highest BCUT2D eigenvalue weighted by molar-refractivity contribution is 6.33. The number of urea groups is 1. The van der Waals surface area contributed by atoms with Crippen molar-refractivity contribution in [2.45, 2.75) is 0 Å². The van der Waals surface area contributed by atoms with Crippen molar-refractivity contribution in [2.24, 2.45) is 0 Å². The molecule has 1 saturated heterocycles. The van der Waals surface area contributed by atoms with Gasteiger partial charge in [-0.15, -0.1) is 0 Å². The Morgan fingerprint density at radius 2 is 2.00 bits per heavy atom. The normalized spacial score (nSPS) is 15.9. The van der Waals surface area contributed by atoms with Crippen LogP contribution in [0.15, 0.2) is 24.3 Å². The number of amides is 2. The van der Waals surface area contributed by atoms with Gasteiger partial charge in [-0.05, 0) is 12.1 Å². The fourth-order valence-corrected chi connectivity index (χ4v) is 1.89. The average molecular weight is 241 g/mol. The number of nitrogens with two attached hydrogens (primary N) is 1. The van der Waals surface area contributed by atoms with E-state index in [-0.39, 0.29) is 6.03 Å². The second kappa shape index (κ2) is 5.18. The highest BCUT2D eigenvalue weighted by atomic mass is 35.5. The maximum Gasteiger partial charge on any atom is 0.322 e. The second-order valence-electron chi connectivity index (χ2n) is 3.76. The van der Waals surface area contributed by atoms with Gasteiger partial charge in [-0.25, -0.2) is 4.79 Å². The Morgan fingerprint density at radius 3 is 2.69 bits per heavy atom. The molecular weight excluding hydrogens is 226 g/mol. The smallest absolute Gasteiger partial charge is 0.322 e. The van der Waals surface area contributed by atoms with Gasteiger partial charge >= 0.3 is 6.03 Å². The van der Waals surface area contributed by atoms with E-state index in [2.05, 4.69) is 10.6 Å². The number of carbonyl (C=O) groups is 1. The molecule has 4 nitrogen and oxygen atoms in total. The molecule has 1 aromatic rings. The largest absolute Gasteiger partial charge is 0.343 e. The second-order valence-corrected chi connectivity index (χ2v) is 4.17. The number of para-hydroxylation sites is 1. The molecule has 0 aliphatic carbocycles. The minimum absolute atomic E-state index is 0.0683. The third-order valence-corrected chi connectivity index (χ3v) is 2.94. The highest BCUT2D eigenvalue weighted by Crippen LogP contribution is 2.20. The first kappa shape index (κ1) is 11.2.